The minimum atomic E-state index is -0.736. The van der Waals surface area contributed by atoms with E-state index < -0.39 is 18.0 Å². The fourth-order valence-electron chi connectivity index (χ4n) is 2.85. The summed E-state index contributed by atoms with van der Waals surface area (Å²) in [6, 6.07) is 10.3. The quantitative estimate of drug-likeness (QED) is 0.486. The molecule has 2 aromatic rings. The fraction of sp³-hybridized carbons (Fsp3) is 0.318. The lowest BCUT2D eigenvalue weighted by Gasteiger charge is -2.22. The van der Waals surface area contributed by atoms with E-state index in [4.69, 9.17) is 15.2 Å². The second-order valence-corrected chi connectivity index (χ2v) is 7.20. The summed E-state index contributed by atoms with van der Waals surface area (Å²) in [6.07, 6.45) is 0. The van der Waals surface area contributed by atoms with Gasteiger partial charge in [-0.05, 0) is 35.7 Å². The molecule has 1 atom stereocenters. The Kier molecular flexibility index (Phi) is 8.25. The summed E-state index contributed by atoms with van der Waals surface area (Å²) < 4.78 is 10.4. The maximum absolute atomic E-state index is 12.8. The van der Waals surface area contributed by atoms with Gasteiger partial charge in [0.25, 0.3) is 5.91 Å². The molecule has 5 N–H and O–H groups in total. The molecule has 2 aromatic carbocycles. The minimum absolute atomic E-state index is 0.140. The maximum Gasteiger partial charge on any atom is 0.316 e. The molecule has 0 spiro atoms. The zero-order chi connectivity index (χ0) is 23.0. The van der Waals surface area contributed by atoms with E-state index in [0.29, 0.717) is 22.7 Å². The largest absolute Gasteiger partial charge is 0.497 e. The van der Waals surface area contributed by atoms with Crippen LogP contribution in [0.4, 0.5) is 10.5 Å². The molecule has 9 nitrogen and oxygen atoms in total. The topological polar surface area (TPSA) is 132 Å². The standard InChI is InChI=1S/C22H28N4O5/c1-13(2)19(26-20(27)15-9-17(30-3)11-18(10-15)31-4)21(28)24-12-14-5-7-16(8-6-14)25-22(23)29/h5-11,13,19H,12H2,1-4H3,(H,24,28)(H,26,27)(H3,23,25,29). The number of ether oxygens (including phenoxy) is 2. The Balaban J connectivity index is 2.03. The van der Waals surface area contributed by atoms with Crippen molar-refractivity contribution in [1.29, 1.82) is 0 Å². The molecular weight excluding hydrogens is 400 g/mol. The maximum atomic E-state index is 12.8. The second-order valence-electron chi connectivity index (χ2n) is 7.20. The minimum Gasteiger partial charge on any atom is -0.497 e. The van der Waals surface area contributed by atoms with E-state index in [9.17, 15) is 14.4 Å². The first-order chi connectivity index (χ1) is 14.7. The van der Waals surface area contributed by atoms with Crippen LogP contribution in [-0.2, 0) is 11.3 Å². The average molecular weight is 428 g/mol. The molecule has 0 saturated carbocycles. The zero-order valence-electron chi connectivity index (χ0n) is 18.0. The molecule has 31 heavy (non-hydrogen) atoms. The third kappa shape index (κ3) is 6.91. The van der Waals surface area contributed by atoms with Crippen molar-refractivity contribution in [2.75, 3.05) is 19.5 Å². The molecule has 0 fully saturated rings. The molecular formula is C22H28N4O5. The zero-order valence-corrected chi connectivity index (χ0v) is 18.0. The highest BCUT2D eigenvalue weighted by Gasteiger charge is 2.25. The molecule has 4 amide bonds. The highest BCUT2D eigenvalue weighted by atomic mass is 16.5. The number of benzene rings is 2. The number of hydrogen-bond acceptors (Lipinski definition) is 5. The van der Waals surface area contributed by atoms with Crippen molar-refractivity contribution in [3.8, 4) is 11.5 Å². The van der Waals surface area contributed by atoms with Crippen molar-refractivity contribution in [3.63, 3.8) is 0 Å². The number of nitrogens with two attached hydrogens (primary N) is 1. The summed E-state index contributed by atoms with van der Waals surface area (Å²) in [5, 5.41) is 8.08. The van der Waals surface area contributed by atoms with Crippen LogP contribution in [0.2, 0.25) is 0 Å². The summed E-state index contributed by atoms with van der Waals surface area (Å²) in [4.78, 5) is 36.4. The predicted octanol–water partition coefficient (Wildman–Crippen LogP) is 2.27. The molecule has 0 radical (unpaired) electrons. The Morgan fingerprint density at radius 2 is 1.55 bits per heavy atom. The van der Waals surface area contributed by atoms with Gasteiger partial charge < -0.3 is 31.2 Å². The van der Waals surface area contributed by atoms with Crippen molar-refractivity contribution in [2.45, 2.75) is 26.4 Å². The van der Waals surface area contributed by atoms with Gasteiger partial charge in [-0.3, -0.25) is 9.59 Å². The number of methoxy groups -OCH3 is 2. The molecule has 0 aromatic heterocycles. The number of carbonyl (C=O) groups excluding carboxylic acids is 3. The van der Waals surface area contributed by atoms with Gasteiger partial charge in [-0.2, -0.15) is 0 Å². The Hall–Kier alpha value is -3.75. The van der Waals surface area contributed by atoms with Crippen LogP contribution in [0.25, 0.3) is 0 Å². The molecule has 166 valence electrons. The highest BCUT2D eigenvalue weighted by Crippen LogP contribution is 2.22. The number of carbonyl (C=O) groups is 3. The van der Waals surface area contributed by atoms with Crippen LogP contribution >= 0.6 is 0 Å². The lowest BCUT2D eigenvalue weighted by atomic mass is 10.0. The average Bonchev–Trinajstić information content (AvgIpc) is 2.75. The van der Waals surface area contributed by atoms with Crippen molar-refractivity contribution < 1.29 is 23.9 Å². The fourth-order valence-corrected chi connectivity index (χ4v) is 2.85. The molecule has 9 heteroatoms. The monoisotopic (exact) mass is 428 g/mol. The Morgan fingerprint density at radius 1 is 0.968 bits per heavy atom. The first kappa shape index (κ1) is 23.5. The molecule has 0 saturated heterocycles. The van der Waals surface area contributed by atoms with Gasteiger partial charge in [0.05, 0.1) is 14.2 Å². The van der Waals surface area contributed by atoms with Gasteiger partial charge in [-0.15, -0.1) is 0 Å². The van der Waals surface area contributed by atoms with E-state index in [1.54, 1.807) is 42.5 Å². The summed E-state index contributed by atoms with van der Waals surface area (Å²) in [7, 11) is 2.99. The molecule has 1 unspecified atom stereocenters. The lowest BCUT2D eigenvalue weighted by molar-refractivity contribution is -0.124. The van der Waals surface area contributed by atoms with Crippen LogP contribution in [0.5, 0.6) is 11.5 Å². The van der Waals surface area contributed by atoms with Gasteiger partial charge in [0.15, 0.2) is 0 Å². The van der Waals surface area contributed by atoms with Crippen molar-refractivity contribution in [1.82, 2.24) is 10.6 Å². The van der Waals surface area contributed by atoms with Crippen LogP contribution in [0.1, 0.15) is 29.8 Å². The third-order valence-corrected chi connectivity index (χ3v) is 4.54. The number of anilines is 1. The molecule has 2 rings (SSSR count). The van der Waals surface area contributed by atoms with Gasteiger partial charge in [0.2, 0.25) is 5.91 Å². The van der Waals surface area contributed by atoms with Crippen LogP contribution < -0.4 is 31.2 Å². The summed E-state index contributed by atoms with van der Waals surface area (Å²) in [5.41, 5.74) is 6.79. The third-order valence-electron chi connectivity index (χ3n) is 4.54. The highest BCUT2D eigenvalue weighted by molar-refractivity contribution is 5.98. The van der Waals surface area contributed by atoms with E-state index in [2.05, 4.69) is 16.0 Å². The van der Waals surface area contributed by atoms with Gasteiger partial charge in [0.1, 0.15) is 17.5 Å². The van der Waals surface area contributed by atoms with Crippen molar-refractivity contribution >= 4 is 23.5 Å². The number of urea groups is 1. The van der Waals surface area contributed by atoms with Crippen molar-refractivity contribution in [2.24, 2.45) is 11.7 Å². The van der Waals surface area contributed by atoms with Gasteiger partial charge >= 0.3 is 6.03 Å². The molecule has 0 aliphatic rings. The van der Waals surface area contributed by atoms with E-state index >= 15 is 0 Å². The normalized spacial score (nSPS) is 11.4. The smallest absolute Gasteiger partial charge is 0.316 e. The molecule has 0 aliphatic heterocycles. The summed E-state index contributed by atoms with van der Waals surface area (Å²) in [5.74, 6) is 0.0951. The first-order valence-corrected chi connectivity index (χ1v) is 9.70. The Bertz CT molecular complexity index is 906. The Morgan fingerprint density at radius 3 is 2.03 bits per heavy atom. The number of primary amides is 1. The van der Waals surface area contributed by atoms with E-state index in [-0.39, 0.29) is 18.4 Å². The van der Waals surface area contributed by atoms with E-state index in [0.717, 1.165) is 5.56 Å². The molecule has 0 aliphatic carbocycles. The number of rotatable bonds is 9. The van der Waals surface area contributed by atoms with E-state index in [1.165, 1.54) is 14.2 Å². The number of hydrogen-bond donors (Lipinski definition) is 4. The number of nitrogens with one attached hydrogen (secondary N) is 3. The van der Waals surface area contributed by atoms with Gasteiger partial charge in [-0.25, -0.2) is 4.79 Å². The van der Waals surface area contributed by atoms with Crippen LogP contribution in [0.15, 0.2) is 42.5 Å². The van der Waals surface area contributed by atoms with Crippen LogP contribution in [0.3, 0.4) is 0 Å². The van der Waals surface area contributed by atoms with Gasteiger partial charge in [0, 0.05) is 23.9 Å². The van der Waals surface area contributed by atoms with Crippen molar-refractivity contribution in [3.05, 3.63) is 53.6 Å². The summed E-state index contributed by atoms with van der Waals surface area (Å²) in [6.45, 7) is 3.96. The summed E-state index contributed by atoms with van der Waals surface area (Å²) >= 11 is 0. The second kappa shape index (κ2) is 10.9. The van der Waals surface area contributed by atoms with Crippen LogP contribution in [-0.4, -0.2) is 38.1 Å². The van der Waals surface area contributed by atoms with Crippen LogP contribution in [0, 0.1) is 5.92 Å². The Labute approximate surface area is 181 Å². The SMILES string of the molecule is COc1cc(OC)cc(C(=O)NC(C(=O)NCc2ccc(NC(N)=O)cc2)C(C)C)c1. The lowest BCUT2D eigenvalue weighted by Crippen LogP contribution is -2.49. The van der Waals surface area contributed by atoms with Gasteiger partial charge in [-0.1, -0.05) is 26.0 Å². The van der Waals surface area contributed by atoms with E-state index in [1.807, 2.05) is 13.8 Å². The molecule has 0 bridgehead atoms. The molecule has 0 heterocycles. The first-order valence-electron chi connectivity index (χ1n) is 9.70. The number of amides is 4. The predicted molar refractivity (Wildman–Crippen MR) is 117 cm³/mol.